The first-order valence-corrected chi connectivity index (χ1v) is 6.80. The minimum Gasteiger partial charge on any atom is -0.508 e. The second kappa shape index (κ2) is 6.24. The van der Waals surface area contributed by atoms with Crippen molar-refractivity contribution in [2.24, 2.45) is 11.3 Å². The number of hydrogen-bond acceptors (Lipinski definition) is 2. The fourth-order valence-corrected chi connectivity index (χ4v) is 2.03. The smallest absolute Gasteiger partial charge is 0.115 e. The molecule has 102 valence electrons. The molecule has 0 amide bonds. The van der Waals surface area contributed by atoms with Crippen LogP contribution >= 0.6 is 0 Å². The zero-order chi connectivity index (χ0) is 13.8. The van der Waals surface area contributed by atoms with Gasteiger partial charge in [-0.1, -0.05) is 46.8 Å². The molecule has 2 N–H and O–H groups in total. The lowest BCUT2D eigenvalue weighted by Gasteiger charge is -2.32. The Labute approximate surface area is 111 Å². The Bertz CT molecular complexity index is 366. The molecule has 1 aromatic carbocycles. The maximum absolute atomic E-state index is 9.53. The number of benzene rings is 1. The van der Waals surface area contributed by atoms with Gasteiger partial charge in [-0.3, -0.25) is 0 Å². The molecule has 2 nitrogen and oxygen atoms in total. The van der Waals surface area contributed by atoms with Crippen LogP contribution in [-0.2, 0) is 6.42 Å². The second-order valence-electron chi connectivity index (χ2n) is 6.50. The van der Waals surface area contributed by atoms with E-state index in [0.29, 0.717) is 17.7 Å². The van der Waals surface area contributed by atoms with E-state index in [1.807, 2.05) is 12.1 Å². The van der Waals surface area contributed by atoms with Crippen molar-refractivity contribution < 1.29 is 5.11 Å². The molecule has 1 unspecified atom stereocenters. The third kappa shape index (κ3) is 5.09. The molecule has 0 spiro atoms. The Morgan fingerprint density at radius 3 is 2.39 bits per heavy atom. The molecule has 0 aliphatic carbocycles. The van der Waals surface area contributed by atoms with Gasteiger partial charge in [-0.25, -0.2) is 0 Å². The van der Waals surface area contributed by atoms with E-state index < -0.39 is 0 Å². The molecular weight excluding hydrogens is 222 g/mol. The van der Waals surface area contributed by atoms with E-state index in [-0.39, 0.29) is 5.41 Å². The molecular formula is C16H27NO. The first kappa shape index (κ1) is 15.0. The summed E-state index contributed by atoms with van der Waals surface area (Å²) in [6.07, 6.45) is 0.998. The molecule has 0 saturated heterocycles. The Morgan fingerprint density at radius 2 is 1.89 bits per heavy atom. The minimum absolute atomic E-state index is 0.257. The largest absolute Gasteiger partial charge is 0.508 e. The summed E-state index contributed by atoms with van der Waals surface area (Å²) in [7, 11) is 0. The molecule has 0 aliphatic heterocycles. The maximum atomic E-state index is 9.53. The van der Waals surface area contributed by atoms with Crippen molar-refractivity contribution >= 4 is 0 Å². The van der Waals surface area contributed by atoms with Gasteiger partial charge in [0.05, 0.1) is 0 Å². The number of rotatable bonds is 5. The highest BCUT2D eigenvalue weighted by atomic mass is 16.3. The van der Waals surface area contributed by atoms with E-state index in [2.05, 4.69) is 46.0 Å². The molecule has 0 aliphatic rings. The standard InChI is InChI=1S/C16H27NO/c1-12(2)17-11-14(16(3,4)5)9-13-7-6-8-15(18)10-13/h6-8,10,12,14,17-18H,9,11H2,1-5H3. The van der Waals surface area contributed by atoms with Crippen molar-refractivity contribution in [3.8, 4) is 5.75 Å². The summed E-state index contributed by atoms with van der Waals surface area (Å²) in [5.41, 5.74) is 1.47. The summed E-state index contributed by atoms with van der Waals surface area (Å²) < 4.78 is 0. The van der Waals surface area contributed by atoms with Gasteiger partial charge >= 0.3 is 0 Å². The van der Waals surface area contributed by atoms with Crippen LogP contribution in [0.3, 0.4) is 0 Å². The molecule has 1 rings (SSSR count). The van der Waals surface area contributed by atoms with E-state index in [1.54, 1.807) is 6.07 Å². The zero-order valence-corrected chi connectivity index (χ0v) is 12.3. The van der Waals surface area contributed by atoms with Crippen LogP contribution in [0.15, 0.2) is 24.3 Å². The Balaban J connectivity index is 2.72. The van der Waals surface area contributed by atoms with Crippen LogP contribution in [0.5, 0.6) is 5.75 Å². The molecule has 0 saturated carbocycles. The minimum atomic E-state index is 0.257. The van der Waals surface area contributed by atoms with E-state index in [4.69, 9.17) is 0 Å². The quantitative estimate of drug-likeness (QED) is 0.835. The van der Waals surface area contributed by atoms with Gasteiger partial charge in [-0.05, 0) is 42.0 Å². The van der Waals surface area contributed by atoms with Gasteiger partial charge < -0.3 is 10.4 Å². The Kier molecular flexibility index (Phi) is 5.21. The third-order valence-electron chi connectivity index (χ3n) is 3.39. The van der Waals surface area contributed by atoms with Gasteiger partial charge in [0.25, 0.3) is 0 Å². The van der Waals surface area contributed by atoms with Gasteiger partial charge in [0, 0.05) is 6.04 Å². The predicted molar refractivity (Wildman–Crippen MR) is 77.9 cm³/mol. The predicted octanol–water partition coefficient (Wildman–Crippen LogP) is 3.60. The molecule has 1 aromatic rings. The van der Waals surface area contributed by atoms with Gasteiger partial charge in [0.15, 0.2) is 0 Å². The van der Waals surface area contributed by atoms with Gasteiger partial charge in [-0.15, -0.1) is 0 Å². The van der Waals surface area contributed by atoms with Crippen LogP contribution in [0, 0.1) is 11.3 Å². The summed E-state index contributed by atoms with van der Waals surface area (Å²) >= 11 is 0. The van der Waals surface area contributed by atoms with Crippen LogP contribution in [-0.4, -0.2) is 17.7 Å². The second-order valence-corrected chi connectivity index (χ2v) is 6.50. The summed E-state index contributed by atoms with van der Waals surface area (Å²) in [5.74, 6) is 0.915. The van der Waals surface area contributed by atoms with Crippen molar-refractivity contribution in [1.82, 2.24) is 5.32 Å². The average Bonchev–Trinajstić information content (AvgIpc) is 2.22. The number of hydrogen-bond donors (Lipinski definition) is 2. The molecule has 18 heavy (non-hydrogen) atoms. The lowest BCUT2D eigenvalue weighted by atomic mass is 9.77. The summed E-state index contributed by atoms with van der Waals surface area (Å²) in [5, 5.41) is 13.1. The molecule has 2 heteroatoms. The van der Waals surface area contributed by atoms with E-state index in [1.165, 1.54) is 5.56 Å². The highest BCUT2D eigenvalue weighted by molar-refractivity contribution is 5.27. The molecule has 0 radical (unpaired) electrons. The fraction of sp³-hybridized carbons (Fsp3) is 0.625. The van der Waals surface area contributed by atoms with Crippen molar-refractivity contribution in [3.63, 3.8) is 0 Å². The topological polar surface area (TPSA) is 32.3 Å². The Hall–Kier alpha value is -1.02. The first-order chi connectivity index (χ1) is 8.29. The molecule has 0 fully saturated rings. The average molecular weight is 249 g/mol. The lowest BCUT2D eigenvalue weighted by Crippen LogP contribution is -2.36. The zero-order valence-electron chi connectivity index (χ0n) is 12.3. The number of aromatic hydroxyl groups is 1. The number of phenolic OH excluding ortho intramolecular Hbond substituents is 1. The van der Waals surface area contributed by atoms with E-state index >= 15 is 0 Å². The normalized spacial score (nSPS) is 13.9. The van der Waals surface area contributed by atoms with Crippen molar-refractivity contribution in [3.05, 3.63) is 29.8 Å². The van der Waals surface area contributed by atoms with Crippen molar-refractivity contribution in [1.29, 1.82) is 0 Å². The van der Waals surface area contributed by atoms with E-state index in [0.717, 1.165) is 13.0 Å². The van der Waals surface area contributed by atoms with Gasteiger partial charge in [0.1, 0.15) is 5.75 Å². The molecule has 0 heterocycles. The summed E-state index contributed by atoms with van der Waals surface area (Å²) in [6, 6.07) is 8.11. The molecule has 1 atom stereocenters. The summed E-state index contributed by atoms with van der Waals surface area (Å²) in [4.78, 5) is 0. The van der Waals surface area contributed by atoms with E-state index in [9.17, 15) is 5.11 Å². The van der Waals surface area contributed by atoms with Crippen molar-refractivity contribution in [2.45, 2.75) is 47.1 Å². The van der Waals surface area contributed by atoms with Crippen molar-refractivity contribution in [2.75, 3.05) is 6.54 Å². The maximum Gasteiger partial charge on any atom is 0.115 e. The monoisotopic (exact) mass is 249 g/mol. The molecule has 0 aromatic heterocycles. The highest BCUT2D eigenvalue weighted by Crippen LogP contribution is 2.29. The lowest BCUT2D eigenvalue weighted by molar-refractivity contribution is 0.226. The molecule has 0 bridgehead atoms. The van der Waals surface area contributed by atoms with Crippen LogP contribution in [0.2, 0.25) is 0 Å². The van der Waals surface area contributed by atoms with Crippen LogP contribution in [0.25, 0.3) is 0 Å². The number of phenols is 1. The summed E-state index contributed by atoms with van der Waals surface area (Å²) in [6.45, 7) is 12.2. The third-order valence-corrected chi connectivity index (χ3v) is 3.39. The SMILES string of the molecule is CC(C)NCC(Cc1cccc(O)c1)C(C)(C)C. The highest BCUT2D eigenvalue weighted by Gasteiger charge is 2.24. The number of nitrogens with one attached hydrogen (secondary N) is 1. The van der Waals surface area contributed by atoms with Crippen LogP contribution in [0.4, 0.5) is 0 Å². The van der Waals surface area contributed by atoms with Crippen LogP contribution in [0.1, 0.15) is 40.2 Å². The van der Waals surface area contributed by atoms with Gasteiger partial charge in [0.2, 0.25) is 0 Å². The Morgan fingerprint density at radius 1 is 1.22 bits per heavy atom. The first-order valence-electron chi connectivity index (χ1n) is 6.80. The van der Waals surface area contributed by atoms with Crippen LogP contribution < -0.4 is 5.32 Å². The van der Waals surface area contributed by atoms with Gasteiger partial charge in [-0.2, -0.15) is 0 Å². The fourth-order valence-electron chi connectivity index (χ4n) is 2.03.